The number of nitrogens with one attached hydrogen (secondary N) is 1. The molecule has 2 aromatic heterocycles. The van der Waals surface area contributed by atoms with Gasteiger partial charge in [-0.1, -0.05) is 0 Å². The zero-order chi connectivity index (χ0) is 8.39. The van der Waals surface area contributed by atoms with Gasteiger partial charge in [0.1, 0.15) is 5.69 Å². The molecule has 0 unspecified atom stereocenters. The average molecular weight is 160 g/mol. The number of aryl methyl sites for hydroxylation is 1. The molecule has 2 heterocycles. The predicted molar refractivity (Wildman–Crippen MR) is 44.4 cm³/mol. The van der Waals surface area contributed by atoms with Crippen LogP contribution < -0.4 is 0 Å². The van der Waals surface area contributed by atoms with Gasteiger partial charge in [0, 0.05) is 12.4 Å². The fourth-order valence-electron chi connectivity index (χ4n) is 0.991. The van der Waals surface area contributed by atoms with Crippen LogP contribution in [0.2, 0.25) is 0 Å². The van der Waals surface area contributed by atoms with E-state index in [9.17, 15) is 0 Å². The Kier molecular flexibility index (Phi) is 1.59. The Labute approximate surface area is 69.7 Å². The topological polar surface area (TPSA) is 54.5 Å². The minimum Gasteiger partial charge on any atom is -0.276 e. The summed E-state index contributed by atoms with van der Waals surface area (Å²) in [6.07, 6.45) is 5.01. The van der Waals surface area contributed by atoms with E-state index in [2.05, 4.69) is 20.2 Å². The lowest BCUT2D eigenvalue weighted by Gasteiger charge is -1.91. The Hall–Kier alpha value is -1.71. The summed E-state index contributed by atoms with van der Waals surface area (Å²) in [5.41, 5.74) is 2.68. The fourth-order valence-corrected chi connectivity index (χ4v) is 0.991. The standard InChI is InChI=1S/C8H8N4/c1-6-4-7(12-11-6)8-5-9-2-3-10-8/h2-5H,1H3,(H,11,12). The van der Waals surface area contributed by atoms with Crippen LogP contribution in [0.4, 0.5) is 0 Å². The zero-order valence-corrected chi connectivity index (χ0v) is 6.65. The first-order valence-electron chi connectivity index (χ1n) is 3.64. The van der Waals surface area contributed by atoms with E-state index in [0.29, 0.717) is 0 Å². The van der Waals surface area contributed by atoms with Crippen molar-refractivity contribution in [1.29, 1.82) is 0 Å². The smallest absolute Gasteiger partial charge is 0.106 e. The molecule has 12 heavy (non-hydrogen) atoms. The predicted octanol–water partition coefficient (Wildman–Crippen LogP) is 1.18. The van der Waals surface area contributed by atoms with Crippen molar-refractivity contribution in [2.45, 2.75) is 6.92 Å². The second kappa shape index (κ2) is 2.73. The summed E-state index contributed by atoms with van der Waals surface area (Å²) in [6, 6.07) is 1.93. The third-order valence-corrected chi connectivity index (χ3v) is 1.55. The Balaban J connectivity index is 2.45. The summed E-state index contributed by atoms with van der Waals surface area (Å²) in [4.78, 5) is 8.09. The molecule has 0 aliphatic rings. The minimum absolute atomic E-state index is 0.818. The van der Waals surface area contributed by atoms with Crippen molar-refractivity contribution in [3.8, 4) is 11.4 Å². The van der Waals surface area contributed by atoms with Crippen molar-refractivity contribution < 1.29 is 0 Å². The number of H-pyrrole nitrogens is 1. The van der Waals surface area contributed by atoms with Crippen molar-refractivity contribution in [3.05, 3.63) is 30.4 Å². The molecule has 0 aliphatic heterocycles. The molecule has 60 valence electrons. The molecule has 0 bridgehead atoms. The lowest BCUT2D eigenvalue weighted by Crippen LogP contribution is -1.83. The molecule has 0 saturated heterocycles. The van der Waals surface area contributed by atoms with Crippen molar-refractivity contribution in [2.24, 2.45) is 0 Å². The number of rotatable bonds is 1. The molecule has 1 N–H and O–H groups in total. The molecule has 0 spiro atoms. The molecule has 4 heteroatoms. The Bertz CT molecular complexity index is 366. The molecular formula is C8H8N4. The molecule has 2 aromatic rings. The maximum Gasteiger partial charge on any atom is 0.106 e. The van der Waals surface area contributed by atoms with E-state index in [1.807, 2.05) is 13.0 Å². The molecule has 0 saturated carbocycles. The first-order valence-corrected chi connectivity index (χ1v) is 3.64. The van der Waals surface area contributed by atoms with E-state index < -0.39 is 0 Å². The number of hydrogen-bond acceptors (Lipinski definition) is 3. The number of aromatic nitrogens is 4. The van der Waals surface area contributed by atoms with Gasteiger partial charge in [0.15, 0.2) is 0 Å². The van der Waals surface area contributed by atoms with E-state index in [1.54, 1.807) is 18.6 Å². The van der Waals surface area contributed by atoms with E-state index in [0.717, 1.165) is 17.1 Å². The monoisotopic (exact) mass is 160 g/mol. The van der Waals surface area contributed by atoms with Gasteiger partial charge < -0.3 is 0 Å². The van der Waals surface area contributed by atoms with Crippen LogP contribution in [0.3, 0.4) is 0 Å². The van der Waals surface area contributed by atoms with Gasteiger partial charge in [-0.15, -0.1) is 0 Å². The summed E-state index contributed by atoms with van der Waals surface area (Å²) in [6.45, 7) is 1.93. The summed E-state index contributed by atoms with van der Waals surface area (Å²) in [5.74, 6) is 0. The van der Waals surface area contributed by atoms with Gasteiger partial charge >= 0.3 is 0 Å². The van der Waals surface area contributed by atoms with Crippen LogP contribution in [0, 0.1) is 6.92 Å². The van der Waals surface area contributed by atoms with Crippen molar-refractivity contribution in [2.75, 3.05) is 0 Å². The summed E-state index contributed by atoms with van der Waals surface area (Å²) < 4.78 is 0. The highest BCUT2D eigenvalue weighted by Gasteiger charge is 2.00. The minimum atomic E-state index is 0.818. The molecule has 0 amide bonds. The Morgan fingerprint density at radius 2 is 2.25 bits per heavy atom. The van der Waals surface area contributed by atoms with Gasteiger partial charge in [-0.3, -0.25) is 15.1 Å². The van der Waals surface area contributed by atoms with Crippen LogP contribution in [0.1, 0.15) is 5.69 Å². The van der Waals surface area contributed by atoms with Crippen LogP contribution in [-0.2, 0) is 0 Å². The highest BCUT2D eigenvalue weighted by Crippen LogP contribution is 2.11. The van der Waals surface area contributed by atoms with Crippen LogP contribution >= 0.6 is 0 Å². The quantitative estimate of drug-likeness (QED) is 0.681. The molecule has 2 rings (SSSR count). The molecule has 0 radical (unpaired) electrons. The van der Waals surface area contributed by atoms with Gasteiger partial charge in [0.25, 0.3) is 0 Å². The summed E-state index contributed by atoms with van der Waals surface area (Å²) >= 11 is 0. The van der Waals surface area contributed by atoms with Crippen LogP contribution in [-0.4, -0.2) is 20.2 Å². The molecule has 0 atom stereocenters. The number of nitrogens with zero attached hydrogens (tertiary/aromatic N) is 3. The van der Waals surface area contributed by atoms with Crippen molar-refractivity contribution in [1.82, 2.24) is 20.2 Å². The molecule has 4 nitrogen and oxygen atoms in total. The highest BCUT2D eigenvalue weighted by molar-refractivity contribution is 5.52. The van der Waals surface area contributed by atoms with E-state index in [1.165, 1.54) is 0 Å². The van der Waals surface area contributed by atoms with E-state index >= 15 is 0 Å². The average Bonchev–Trinajstić information content (AvgIpc) is 2.54. The number of hydrogen-bond donors (Lipinski definition) is 1. The fraction of sp³-hybridized carbons (Fsp3) is 0.125. The second-order valence-corrected chi connectivity index (χ2v) is 2.51. The van der Waals surface area contributed by atoms with Gasteiger partial charge in [0.05, 0.1) is 17.6 Å². The van der Waals surface area contributed by atoms with Crippen LogP contribution in [0.25, 0.3) is 11.4 Å². The van der Waals surface area contributed by atoms with E-state index in [-0.39, 0.29) is 0 Å². The normalized spacial score (nSPS) is 10.1. The number of aromatic amines is 1. The first kappa shape index (κ1) is 6.97. The maximum atomic E-state index is 4.13. The first-order chi connectivity index (χ1) is 5.86. The van der Waals surface area contributed by atoms with Gasteiger partial charge in [0.2, 0.25) is 0 Å². The molecule has 0 fully saturated rings. The molecule has 0 aliphatic carbocycles. The van der Waals surface area contributed by atoms with Crippen molar-refractivity contribution in [3.63, 3.8) is 0 Å². The Morgan fingerprint density at radius 3 is 2.83 bits per heavy atom. The second-order valence-electron chi connectivity index (χ2n) is 2.51. The lowest BCUT2D eigenvalue weighted by atomic mass is 10.3. The molecule has 0 aromatic carbocycles. The summed E-state index contributed by atoms with van der Waals surface area (Å²) in [7, 11) is 0. The SMILES string of the molecule is Cc1cc(-c2cnccn2)[nH]n1. The molecular weight excluding hydrogens is 152 g/mol. The third kappa shape index (κ3) is 1.18. The zero-order valence-electron chi connectivity index (χ0n) is 6.65. The van der Waals surface area contributed by atoms with Gasteiger partial charge in [-0.2, -0.15) is 5.10 Å². The Morgan fingerprint density at radius 1 is 1.33 bits per heavy atom. The third-order valence-electron chi connectivity index (χ3n) is 1.55. The highest BCUT2D eigenvalue weighted by atomic mass is 15.1. The van der Waals surface area contributed by atoms with Crippen LogP contribution in [0.15, 0.2) is 24.7 Å². The van der Waals surface area contributed by atoms with Crippen LogP contribution in [0.5, 0.6) is 0 Å². The lowest BCUT2D eigenvalue weighted by molar-refractivity contribution is 1.04. The van der Waals surface area contributed by atoms with Gasteiger partial charge in [-0.25, -0.2) is 0 Å². The van der Waals surface area contributed by atoms with Crippen molar-refractivity contribution >= 4 is 0 Å². The van der Waals surface area contributed by atoms with Gasteiger partial charge in [-0.05, 0) is 13.0 Å². The van der Waals surface area contributed by atoms with E-state index in [4.69, 9.17) is 0 Å². The summed E-state index contributed by atoms with van der Waals surface area (Å²) in [5, 5.41) is 6.87. The largest absolute Gasteiger partial charge is 0.276 e. The maximum absolute atomic E-state index is 4.13.